The molecule has 0 bridgehead atoms. The molecule has 1 saturated carbocycles. The number of fused-ring (bicyclic) bond motifs is 15. The van der Waals surface area contributed by atoms with E-state index in [1.807, 2.05) is 0 Å². The minimum Gasteiger partial charge on any atom is -0.288 e. The van der Waals surface area contributed by atoms with E-state index in [9.17, 15) is 0 Å². The molecule has 3 aromatic heterocycles. The summed E-state index contributed by atoms with van der Waals surface area (Å²) in [5.74, 6) is 1.91. The summed E-state index contributed by atoms with van der Waals surface area (Å²) in [5, 5.41) is 12.1. The van der Waals surface area contributed by atoms with Gasteiger partial charge in [-0.1, -0.05) is 146 Å². The van der Waals surface area contributed by atoms with Gasteiger partial charge in [0.15, 0.2) is 5.82 Å². The Balaban J connectivity index is 1.12. The van der Waals surface area contributed by atoms with Gasteiger partial charge in [0.25, 0.3) is 0 Å². The van der Waals surface area contributed by atoms with Crippen LogP contribution in [0.5, 0.6) is 0 Å². The molecular weight excluding hydrogens is 633 g/mol. The highest BCUT2D eigenvalue weighted by Crippen LogP contribution is 2.43. The molecule has 0 saturated heterocycles. The molecule has 2 atom stereocenters. The Morgan fingerprint density at radius 2 is 1.04 bits per heavy atom. The second-order valence-corrected chi connectivity index (χ2v) is 14.4. The lowest BCUT2D eigenvalue weighted by atomic mass is 9.92. The molecule has 0 N–H and O–H groups in total. The molecular formula is C48H30N4. The van der Waals surface area contributed by atoms with Crippen LogP contribution in [0.1, 0.15) is 6.42 Å². The van der Waals surface area contributed by atoms with Gasteiger partial charge in [-0.05, 0) is 73.8 Å². The fourth-order valence-electron chi connectivity index (χ4n) is 8.75. The van der Waals surface area contributed by atoms with Gasteiger partial charge in [-0.3, -0.25) is 4.40 Å². The van der Waals surface area contributed by atoms with E-state index in [0.717, 1.165) is 60.5 Å². The van der Waals surface area contributed by atoms with Gasteiger partial charge < -0.3 is 0 Å². The largest absolute Gasteiger partial charge is 0.288 e. The molecule has 2 aliphatic carbocycles. The van der Waals surface area contributed by atoms with Crippen LogP contribution in [0.4, 0.5) is 0 Å². The number of aromatic nitrogens is 4. The summed E-state index contributed by atoms with van der Waals surface area (Å²) >= 11 is 0. The zero-order chi connectivity index (χ0) is 33.9. The molecule has 4 heteroatoms. The molecule has 10 aromatic rings. The smallest absolute Gasteiger partial charge is 0.160 e. The Kier molecular flexibility index (Phi) is 5.64. The topological polar surface area (TPSA) is 43.1 Å². The summed E-state index contributed by atoms with van der Waals surface area (Å²) in [7, 11) is 0. The SMILES string of the molecule is C1=c2nc3c4ccccc4c4nc(-c5cccc(-c6ccc7c8ccccc8c8ccccc8c7c6)c5)nc(-c5ccccc5)c4n3c2=CC2CC12. The number of nitrogens with zero attached hydrogens (tertiary/aromatic N) is 4. The Morgan fingerprint density at radius 1 is 0.442 bits per heavy atom. The summed E-state index contributed by atoms with van der Waals surface area (Å²) in [6.07, 6.45) is 6.00. The first-order valence-corrected chi connectivity index (χ1v) is 18.1. The number of benzene rings is 7. The number of pyridine rings is 1. The molecule has 12 rings (SSSR count). The van der Waals surface area contributed by atoms with Gasteiger partial charge in [0.05, 0.1) is 21.9 Å². The highest BCUT2D eigenvalue weighted by Gasteiger charge is 2.36. The number of hydrogen-bond donors (Lipinski definition) is 0. The molecule has 0 spiro atoms. The quantitative estimate of drug-likeness (QED) is 0.177. The van der Waals surface area contributed by atoms with Crippen LogP contribution in [-0.2, 0) is 0 Å². The lowest BCUT2D eigenvalue weighted by Crippen LogP contribution is -2.30. The summed E-state index contributed by atoms with van der Waals surface area (Å²) in [5.41, 5.74) is 8.17. The number of rotatable bonds is 3. The van der Waals surface area contributed by atoms with Crippen molar-refractivity contribution in [1.29, 1.82) is 0 Å². The van der Waals surface area contributed by atoms with E-state index >= 15 is 0 Å². The van der Waals surface area contributed by atoms with E-state index in [2.05, 4.69) is 162 Å². The number of imidazole rings is 1. The van der Waals surface area contributed by atoms with Crippen molar-refractivity contribution < 1.29 is 0 Å². The third-order valence-electron chi connectivity index (χ3n) is 11.4. The van der Waals surface area contributed by atoms with Gasteiger partial charge in [0.1, 0.15) is 11.2 Å². The van der Waals surface area contributed by atoms with Gasteiger partial charge >= 0.3 is 0 Å². The third kappa shape index (κ3) is 4.00. The minimum absolute atomic E-state index is 0.587. The lowest BCUT2D eigenvalue weighted by molar-refractivity contribution is 1.03. The molecule has 3 heterocycles. The maximum absolute atomic E-state index is 5.44. The highest BCUT2D eigenvalue weighted by atomic mass is 15.0. The van der Waals surface area contributed by atoms with Crippen LogP contribution in [0, 0.1) is 11.8 Å². The zero-order valence-corrected chi connectivity index (χ0v) is 28.2. The van der Waals surface area contributed by atoms with Crippen LogP contribution in [-0.4, -0.2) is 19.4 Å². The molecule has 7 aromatic carbocycles. The van der Waals surface area contributed by atoms with E-state index in [-0.39, 0.29) is 0 Å². The molecule has 0 radical (unpaired) electrons. The first kappa shape index (κ1) is 28.1. The van der Waals surface area contributed by atoms with Crippen molar-refractivity contribution in [3.8, 4) is 33.8 Å². The average molecular weight is 663 g/mol. The van der Waals surface area contributed by atoms with Crippen molar-refractivity contribution in [3.63, 3.8) is 0 Å². The molecule has 4 nitrogen and oxygen atoms in total. The summed E-state index contributed by atoms with van der Waals surface area (Å²) in [4.78, 5) is 16.1. The maximum Gasteiger partial charge on any atom is 0.160 e. The van der Waals surface area contributed by atoms with Crippen LogP contribution in [0.2, 0.25) is 0 Å². The van der Waals surface area contributed by atoms with Crippen molar-refractivity contribution in [1.82, 2.24) is 19.4 Å². The predicted molar refractivity (Wildman–Crippen MR) is 214 cm³/mol. The fraction of sp³-hybridized carbons (Fsp3) is 0.0625. The van der Waals surface area contributed by atoms with Crippen LogP contribution < -0.4 is 10.7 Å². The second-order valence-electron chi connectivity index (χ2n) is 14.4. The molecule has 242 valence electrons. The van der Waals surface area contributed by atoms with E-state index in [1.54, 1.807) is 0 Å². The predicted octanol–water partition coefficient (Wildman–Crippen LogP) is 10.1. The molecule has 0 amide bonds. The Morgan fingerprint density at radius 3 is 1.81 bits per heavy atom. The zero-order valence-electron chi connectivity index (χ0n) is 28.2. The van der Waals surface area contributed by atoms with Crippen LogP contribution in [0.3, 0.4) is 0 Å². The molecule has 52 heavy (non-hydrogen) atoms. The highest BCUT2D eigenvalue weighted by molar-refractivity contribution is 6.25. The summed E-state index contributed by atoms with van der Waals surface area (Å²) in [6.45, 7) is 0. The van der Waals surface area contributed by atoms with E-state index in [1.165, 1.54) is 44.3 Å². The van der Waals surface area contributed by atoms with Crippen molar-refractivity contribution in [3.05, 3.63) is 156 Å². The molecule has 2 aliphatic rings. The van der Waals surface area contributed by atoms with Crippen molar-refractivity contribution in [2.45, 2.75) is 6.42 Å². The molecule has 0 aliphatic heterocycles. The fourth-order valence-corrected chi connectivity index (χ4v) is 8.75. The molecule has 1 fully saturated rings. The van der Waals surface area contributed by atoms with Gasteiger partial charge in [-0.15, -0.1) is 0 Å². The van der Waals surface area contributed by atoms with Gasteiger partial charge in [0, 0.05) is 21.9 Å². The van der Waals surface area contributed by atoms with Crippen molar-refractivity contribution >= 4 is 71.9 Å². The second kappa shape index (κ2) is 10.4. The lowest BCUT2D eigenvalue weighted by Gasteiger charge is -2.15. The van der Waals surface area contributed by atoms with Gasteiger partial charge in [-0.25, -0.2) is 15.0 Å². The Labute approximate surface area is 298 Å². The Bertz CT molecular complexity index is 3250. The first-order chi connectivity index (χ1) is 25.8. The molecule has 2 unspecified atom stereocenters. The minimum atomic E-state index is 0.587. The van der Waals surface area contributed by atoms with Gasteiger partial charge in [0.2, 0.25) is 0 Å². The van der Waals surface area contributed by atoms with E-state index < -0.39 is 0 Å². The summed E-state index contributed by atoms with van der Waals surface area (Å²) in [6, 6.07) is 52.2. The normalized spacial score (nSPS) is 16.3. The van der Waals surface area contributed by atoms with Crippen LogP contribution in [0.15, 0.2) is 146 Å². The monoisotopic (exact) mass is 662 g/mol. The van der Waals surface area contributed by atoms with E-state index in [0.29, 0.717) is 17.7 Å². The maximum atomic E-state index is 5.44. The standard InChI is InChI=1S/C48H30N4/c1-2-11-28(12-3-1)44-46-45(39-19-8-9-20-40(39)48-49-42-26-32-24-33(32)27-43(42)52(46)48)51-47(50-44)31-14-10-13-29(23-31)30-21-22-38-36-17-5-4-15-34(36)35-16-6-7-18-37(35)41(38)25-30/h1-23,25-27,32-33H,24H2. The number of hydrogen-bond acceptors (Lipinski definition) is 3. The van der Waals surface area contributed by atoms with Crippen molar-refractivity contribution in [2.75, 3.05) is 0 Å². The third-order valence-corrected chi connectivity index (χ3v) is 11.4. The van der Waals surface area contributed by atoms with Crippen LogP contribution in [0.25, 0.3) is 106 Å². The van der Waals surface area contributed by atoms with Gasteiger partial charge in [-0.2, -0.15) is 0 Å². The average Bonchev–Trinajstić information content (AvgIpc) is 3.89. The van der Waals surface area contributed by atoms with Crippen molar-refractivity contribution in [2.24, 2.45) is 11.8 Å². The summed E-state index contributed by atoms with van der Waals surface area (Å²) < 4.78 is 2.34. The first-order valence-electron chi connectivity index (χ1n) is 18.1. The Hall–Kier alpha value is -6.65. The van der Waals surface area contributed by atoms with E-state index in [4.69, 9.17) is 15.0 Å². The van der Waals surface area contributed by atoms with Crippen LogP contribution >= 0.6 is 0 Å².